The van der Waals surface area contributed by atoms with E-state index in [0.717, 1.165) is 18.5 Å². The maximum Gasteiger partial charge on any atom is 0.110 e. The molecule has 1 nitrogen and oxygen atoms in total. The van der Waals surface area contributed by atoms with E-state index >= 15 is 0 Å². The molecule has 4 heteroatoms. The van der Waals surface area contributed by atoms with E-state index in [0.29, 0.717) is 0 Å². The van der Waals surface area contributed by atoms with Crippen LogP contribution in [0.15, 0.2) is 51.0 Å². The Kier molecular flexibility index (Phi) is 4.89. The zero-order valence-electron chi connectivity index (χ0n) is 7.87. The number of allylic oxidation sites excluding steroid dienone is 3. The Hall–Kier alpha value is -0.760. The molecular weight excluding hydrogens is 290 g/mol. The second-order valence-electron chi connectivity index (χ2n) is 2.50. The highest BCUT2D eigenvalue weighted by Gasteiger charge is 2.05. The van der Waals surface area contributed by atoms with Gasteiger partial charge in [-0.15, -0.1) is 11.3 Å². The number of hydrogen-bond acceptors (Lipinski definition) is 3. The summed E-state index contributed by atoms with van der Waals surface area (Å²) < 4.78 is 1.89. The van der Waals surface area contributed by atoms with Gasteiger partial charge < -0.3 is 0 Å². The quantitative estimate of drug-likeness (QED) is 0.594. The van der Waals surface area contributed by atoms with Crippen LogP contribution in [0.4, 0.5) is 0 Å². The van der Waals surface area contributed by atoms with Crippen LogP contribution < -0.4 is 0 Å². The summed E-state index contributed by atoms with van der Waals surface area (Å²) in [5.41, 5.74) is 0. The molecule has 0 saturated carbocycles. The monoisotopic (exact) mass is 297 g/mol. The van der Waals surface area contributed by atoms with E-state index in [2.05, 4.69) is 35.2 Å². The molecule has 1 aromatic rings. The van der Waals surface area contributed by atoms with Crippen LogP contribution in [0.25, 0.3) is 0 Å². The summed E-state index contributed by atoms with van der Waals surface area (Å²) in [7, 11) is 0. The molecule has 1 heterocycles. The molecule has 0 N–H and O–H groups in total. The maximum absolute atomic E-state index is 8.69. The Balaban J connectivity index is 2.84. The molecule has 1 rings (SSSR count). The van der Waals surface area contributed by atoms with Gasteiger partial charge in [0.1, 0.15) is 10.9 Å². The summed E-state index contributed by atoms with van der Waals surface area (Å²) in [6, 6.07) is 5.86. The van der Waals surface area contributed by atoms with Crippen LogP contribution in [0.3, 0.4) is 0 Å². The van der Waals surface area contributed by atoms with Crippen LogP contribution in [0.1, 0.15) is 4.88 Å². The SMILES string of the molecule is C=C/C=C(/Sc1ccc(C#N)s1)C(=C)Br. The van der Waals surface area contributed by atoms with E-state index in [1.807, 2.05) is 18.2 Å². The van der Waals surface area contributed by atoms with Crippen molar-refractivity contribution in [1.82, 2.24) is 0 Å². The molecule has 0 fully saturated rings. The molecule has 0 unspecified atom stereocenters. The van der Waals surface area contributed by atoms with Crippen molar-refractivity contribution < 1.29 is 0 Å². The molecule has 76 valence electrons. The highest BCUT2D eigenvalue weighted by molar-refractivity contribution is 9.12. The van der Waals surface area contributed by atoms with Crippen molar-refractivity contribution in [2.24, 2.45) is 0 Å². The third kappa shape index (κ3) is 3.71. The van der Waals surface area contributed by atoms with Gasteiger partial charge in [-0.3, -0.25) is 0 Å². The molecular formula is C11H8BrNS2. The number of thioether (sulfide) groups is 1. The molecule has 0 spiro atoms. The van der Waals surface area contributed by atoms with E-state index in [1.165, 1.54) is 11.3 Å². The number of rotatable bonds is 4. The van der Waals surface area contributed by atoms with Crippen LogP contribution in [0, 0.1) is 11.3 Å². The van der Waals surface area contributed by atoms with Gasteiger partial charge in [-0.25, -0.2) is 0 Å². The van der Waals surface area contributed by atoms with Gasteiger partial charge in [0.2, 0.25) is 0 Å². The number of thiophene rings is 1. The first-order valence-electron chi connectivity index (χ1n) is 4.02. The minimum atomic E-state index is 0.718. The first kappa shape index (κ1) is 12.3. The summed E-state index contributed by atoms with van der Waals surface area (Å²) in [6.07, 6.45) is 3.60. The minimum absolute atomic E-state index is 0.718. The van der Waals surface area contributed by atoms with Gasteiger partial charge in [0.25, 0.3) is 0 Å². The zero-order valence-corrected chi connectivity index (χ0v) is 11.1. The molecule has 15 heavy (non-hydrogen) atoms. The highest BCUT2D eigenvalue weighted by atomic mass is 79.9. The van der Waals surface area contributed by atoms with Gasteiger partial charge in [0.15, 0.2) is 0 Å². The summed E-state index contributed by atoms with van der Waals surface area (Å²) >= 11 is 6.37. The summed E-state index contributed by atoms with van der Waals surface area (Å²) in [6.45, 7) is 7.46. The topological polar surface area (TPSA) is 23.8 Å². The Labute approximate surface area is 106 Å². The molecule has 0 amide bonds. The molecule has 0 aliphatic rings. The molecule has 0 aliphatic carbocycles. The molecule has 0 aliphatic heterocycles. The van der Waals surface area contributed by atoms with Gasteiger partial charge in [-0.05, 0) is 18.2 Å². The van der Waals surface area contributed by atoms with Crippen molar-refractivity contribution in [3.05, 3.63) is 51.7 Å². The standard InChI is InChI=1S/C11H8BrNS2/c1-3-4-10(8(2)12)15-11-6-5-9(7-13)14-11/h3-6H,1-2H2/b10-4+. The molecule has 1 aromatic heterocycles. The van der Waals surface area contributed by atoms with E-state index in [-0.39, 0.29) is 0 Å². The predicted molar refractivity (Wildman–Crippen MR) is 71.2 cm³/mol. The molecule has 0 radical (unpaired) electrons. The van der Waals surface area contributed by atoms with Crippen molar-refractivity contribution in [2.75, 3.05) is 0 Å². The second-order valence-corrected chi connectivity index (χ2v) is 5.89. The molecule has 0 atom stereocenters. The van der Waals surface area contributed by atoms with Gasteiger partial charge in [-0.2, -0.15) is 5.26 Å². The lowest BCUT2D eigenvalue weighted by Gasteiger charge is -2.01. The normalized spacial score (nSPS) is 10.8. The predicted octanol–water partition coefficient (Wildman–Crippen LogP) is 4.69. The van der Waals surface area contributed by atoms with E-state index in [9.17, 15) is 0 Å². The van der Waals surface area contributed by atoms with Crippen molar-refractivity contribution in [3.63, 3.8) is 0 Å². The smallest absolute Gasteiger partial charge is 0.110 e. The van der Waals surface area contributed by atoms with Gasteiger partial charge in [0.05, 0.1) is 4.21 Å². The first-order chi connectivity index (χ1) is 7.17. The minimum Gasteiger partial charge on any atom is -0.192 e. The average molecular weight is 298 g/mol. The fraction of sp³-hybridized carbons (Fsp3) is 0. The third-order valence-corrected chi connectivity index (χ3v) is 4.35. The van der Waals surface area contributed by atoms with E-state index in [4.69, 9.17) is 5.26 Å². The second kappa shape index (κ2) is 5.96. The Bertz CT molecular complexity index is 451. The van der Waals surface area contributed by atoms with Crippen LogP contribution in [-0.2, 0) is 0 Å². The summed E-state index contributed by atoms with van der Waals surface area (Å²) in [5.74, 6) is 0. The third-order valence-electron chi connectivity index (χ3n) is 1.44. The maximum atomic E-state index is 8.69. The molecule has 0 bridgehead atoms. The lowest BCUT2D eigenvalue weighted by Crippen LogP contribution is -1.72. The summed E-state index contributed by atoms with van der Waals surface area (Å²) in [4.78, 5) is 1.71. The van der Waals surface area contributed by atoms with Gasteiger partial charge >= 0.3 is 0 Å². The number of hydrogen-bond donors (Lipinski definition) is 0. The van der Waals surface area contributed by atoms with E-state index < -0.39 is 0 Å². The molecule has 0 aromatic carbocycles. The van der Waals surface area contributed by atoms with Crippen molar-refractivity contribution >= 4 is 39.0 Å². The van der Waals surface area contributed by atoms with Crippen LogP contribution in [0.2, 0.25) is 0 Å². The van der Waals surface area contributed by atoms with Gasteiger partial charge in [0, 0.05) is 9.39 Å². The fourth-order valence-corrected chi connectivity index (χ4v) is 3.07. The number of halogens is 1. The van der Waals surface area contributed by atoms with Crippen molar-refractivity contribution in [2.45, 2.75) is 4.21 Å². The average Bonchev–Trinajstić information content (AvgIpc) is 2.65. The van der Waals surface area contributed by atoms with E-state index in [1.54, 1.807) is 17.8 Å². The summed E-state index contributed by atoms with van der Waals surface area (Å²) in [5, 5.41) is 8.69. The molecule has 0 saturated heterocycles. The Morgan fingerprint density at radius 1 is 1.60 bits per heavy atom. The van der Waals surface area contributed by atoms with Crippen LogP contribution in [-0.4, -0.2) is 0 Å². The largest absolute Gasteiger partial charge is 0.192 e. The Morgan fingerprint density at radius 2 is 2.33 bits per heavy atom. The Morgan fingerprint density at radius 3 is 2.80 bits per heavy atom. The van der Waals surface area contributed by atoms with Crippen molar-refractivity contribution in [1.29, 1.82) is 5.26 Å². The van der Waals surface area contributed by atoms with Crippen molar-refractivity contribution in [3.8, 4) is 6.07 Å². The zero-order chi connectivity index (χ0) is 11.3. The first-order valence-corrected chi connectivity index (χ1v) is 6.45. The number of nitrogens with zero attached hydrogens (tertiary/aromatic N) is 1. The highest BCUT2D eigenvalue weighted by Crippen LogP contribution is 2.37. The lowest BCUT2D eigenvalue weighted by atomic mass is 10.5. The van der Waals surface area contributed by atoms with Gasteiger partial charge in [-0.1, -0.05) is 46.9 Å². The number of nitriles is 1. The van der Waals surface area contributed by atoms with Crippen LogP contribution in [0.5, 0.6) is 0 Å². The fourth-order valence-electron chi connectivity index (χ4n) is 0.830. The van der Waals surface area contributed by atoms with Crippen LogP contribution >= 0.6 is 39.0 Å². The lowest BCUT2D eigenvalue weighted by molar-refractivity contribution is 1.52.